The van der Waals surface area contributed by atoms with E-state index >= 15 is 0 Å². The van der Waals surface area contributed by atoms with Crippen LogP contribution in [0.5, 0.6) is 0 Å². The molecule has 0 unspecified atom stereocenters. The Morgan fingerprint density at radius 1 is 1.12 bits per heavy atom. The van der Waals surface area contributed by atoms with Crippen LogP contribution in [0.2, 0.25) is 0 Å². The number of unbranched alkanes of at least 4 members (excludes halogenated alkanes) is 3. The monoisotopic (exact) mass is 332 g/mol. The van der Waals surface area contributed by atoms with Crippen LogP contribution >= 0.6 is 0 Å². The molecule has 0 atom stereocenters. The zero-order valence-electron chi connectivity index (χ0n) is 13.4. The minimum Gasteiger partial charge on any atom is -0.272 e. The summed E-state index contributed by atoms with van der Waals surface area (Å²) in [5.41, 5.74) is 1.85. The number of nitrogens with zero attached hydrogens (tertiary/aromatic N) is 3. The van der Waals surface area contributed by atoms with Crippen LogP contribution in [0.25, 0.3) is 0 Å². The Morgan fingerprint density at radius 3 is 2.58 bits per heavy atom. The number of hydrogen-bond donors (Lipinski definition) is 1. The maximum atomic E-state index is 10.9. The number of nitro benzene ring substituents is 2. The highest BCUT2D eigenvalue weighted by Crippen LogP contribution is 2.28. The molecule has 0 aliphatic heterocycles. The molecule has 0 radical (unpaired) electrons. The molecule has 1 aromatic carbocycles. The van der Waals surface area contributed by atoms with Gasteiger partial charge >= 0.3 is 5.69 Å². The first-order valence-corrected chi connectivity index (χ1v) is 7.60. The fourth-order valence-corrected chi connectivity index (χ4v) is 1.83. The van der Waals surface area contributed by atoms with Gasteiger partial charge in [-0.05, 0) is 25.0 Å². The smallest absolute Gasteiger partial charge is 0.272 e. The van der Waals surface area contributed by atoms with Crippen molar-refractivity contribution in [2.75, 3.05) is 5.43 Å². The zero-order chi connectivity index (χ0) is 17.8. The van der Waals surface area contributed by atoms with Crippen molar-refractivity contribution in [3.05, 3.63) is 62.7 Å². The van der Waals surface area contributed by atoms with Gasteiger partial charge in [-0.25, -0.2) is 0 Å². The molecule has 0 fully saturated rings. The fourth-order valence-electron chi connectivity index (χ4n) is 1.83. The number of hydrazone groups is 1. The second-order valence-electron chi connectivity index (χ2n) is 4.91. The zero-order valence-corrected chi connectivity index (χ0v) is 13.4. The number of non-ortho nitro benzene ring substituents is 1. The Kier molecular flexibility index (Phi) is 8.44. The quantitative estimate of drug-likeness (QED) is 0.221. The maximum absolute atomic E-state index is 10.9. The average molecular weight is 332 g/mol. The Bertz CT molecular complexity index is 653. The van der Waals surface area contributed by atoms with E-state index in [-0.39, 0.29) is 11.4 Å². The Hall–Kier alpha value is -3.03. The van der Waals surface area contributed by atoms with Crippen LogP contribution in [0.4, 0.5) is 17.1 Å². The summed E-state index contributed by atoms with van der Waals surface area (Å²) in [4.78, 5) is 20.2. The molecule has 0 saturated carbocycles. The van der Waals surface area contributed by atoms with Crippen molar-refractivity contribution in [1.29, 1.82) is 0 Å². The van der Waals surface area contributed by atoms with Crippen molar-refractivity contribution < 1.29 is 9.85 Å². The summed E-state index contributed by atoms with van der Waals surface area (Å²) in [7, 11) is 0. The second-order valence-corrected chi connectivity index (χ2v) is 4.91. The molecule has 1 N–H and O–H groups in total. The van der Waals surface area contributed by atoms with Gasteiger partial charge in [0, 0.05) is 12.3 Å². The molecular weight excluding hydrogens is 312 g/mol. The maximum Gasteiger partial charge on any atom is 0.301 e. The summed E-state index contributed by atoms with van der Waals surface area (Å²) >= 11 is 0. The largest absolute Gasteiger partial charge is 0.301 e. The average Bonchev–Trinajstić information content (AvgIpc) is 2.56. The molecule has 0 spiro atoms. The highest BCUT2D eigenvalue weighted by Gasteiger charge is 2.18. The van der Waals surface area contributed by atoms with Gasteiger partial charge in [-0.1, -0.05) is 38.0 Å². The summed E-state index contributed by atoms with van der Waals surface area (Å²) < 4.78 is 0. The van der Waals surface area contributed by atoms with Crippen molar-refractivity contribution >= 4 is 23.3 Å². The molecule has 128 valence electrons. The lowest BCUT2D eigenvalue weighted by molar-refractivity contribution is -0.393. The van der Waals surface area contributed by atoms with Crippen molar-refractivity contribution in [3.63, 3.8) is 0 Å². The van der Waals surface area contributed by atoms with E-state index in [4.69, 9.17) is 0 Å². The van der Waals surface area contributed by atoms with Gasteiger partial charge in [0.05, 0.1) is 15.9 Å². The fraction of sp³-hybridized carbons (Fsp3) is 0.312. The summed E-state index contributed by atoms with van der Waals surface area (Å²) in [5, 5.41) is 25.4. The summed E-state index contributed by atoms with van der Waals surface area (Å²) in [6.07, 6.45) is 13.5. The van der Waals surface area contributed by atoms with Crippen LogP contribution in [-0.4, -0.2) is 16.1 Å². The molecule has 0 bridgehead atoms. The third-order valence-corrected chi connectivity index (χ3v) is 3.07. The van der Waals surface area contributed by atoms with Crippen LogP contribution in [0.1, 0.15) is 32.6 Å². The van der Waals surface area contributed by atoms with Gasteiger partial charge < -0.3 is 0 Å². The molecule has 8 heteroatoms. The van der Waals surface area contributed by atoms with E-state index in [9.17, 15) is 20.2 Å². The van der Waals surface area contributed by atoms with E-state index < -0.39 is 15.5 Å². The molecule has 1 aromatic rings. The van der Waals surface area contributed by atoms with Gasteiger partial charge in [0.25, 0.3) is 5.69 Å². The Labute approximate surface area is 139 Å². The van der Waals surface area contributed by atoms with Crippen molar-refractivity contribution in [1.82, 2.24) is 0 Å². The van der Waals surface area contributed by atoms with E-state index in [0.717, 1.165) is 12.5 Å². The highest BCUT2D eigenvalue weighted by atomic mass is 16.6. The van der Waals surface area contributed by atoms with Gasteiger partial charge in [0.2, 0.25) is 0 Å². The van der Waals surface area contributed by atoms with E-state index in [0.29, 0.717) is 0 Å². The van der Waals surface area contributed by atoms with Gasteiger partial charge in [-0.15, -0.1) is 0 Å². The first kappa shape index (κ1) is 19.0. The van der Waals surface area contributed by atoms with Crippen molar-refractivity contribution in [3.8, 4) is 0 Å². The first-order chi connectivity index (χ1) is 11.6. The molecule has 0 saturated heterocycles. The number of nitro groups is 2. The molecule has 0 amide bonds. The van der Waals surface area contributed by atoms with Gasteiger partial charge in [0.1, 0.15) is 5.69 Å². The van der Waals surface area contributed by atoms with Gasteiger partial charge in [-0.2, -0.15) is 5.10 Å². The van der Waals surface area contributed by atoms with Gasteiger partial charge in [-0.3, -0.25) is 25.7 Å². The molecule has 1 rings (SSSR count). The first-order valence-electron chi connectivity index (χ1n) is 7.60. The lowest BCUT2D eigenvalue weighted by Gasteiger charge is -2.01. The van der Waals surface area contributed by atoms with Crippen LogP contribution in [0.3, 0.4) is 0 Å². The van der Waals surface area contributed by atoms with Crippen LogP contribution in [-0.2, 0) is 0 Å². The minimum atomic E-state index is -0.695. The molecule has 0 aliphatic carbocycles. The summed E-state index contributed by atoms with van der Waals surface area (Å²) in [6, 6.07) is 3.33. The van der Waals surface area contributed by atoms with E-state index in [2.05, 4.69) is 23.5 Å². The molecular formula is C16H20N4O4. The number of rotatable bonds is 10. The predicted molar refractivity (Wildman–Crippen MR) is 94.3 cm³/mol. The molecule has 0 aromatic heterocycles. The third-order valence-electron chi connectivity index (χ3n) is 3.07. The molecule has 0 aliphatic rings. The standard InChI is InChI=1S/C16H20N4O4/c1-2-3-4-5-6-7-8-9-12-17-18-15-11-10-14(19(21)22)13-16(15)20(23)24/h6-13,18H,2-5H2,1H3/b7-6+,9-8+,17-12+. The molecule has 0 heterocycles. The van der Waals surface area contributed by atoms with E-state index in [1.165, 1.54) is 37.6 Å². The number of anilines is 1. The van der Waals surface area contributed by atoms with Crippen LogP contribution in [0.15, 0.2) is 47.6 Å². The normalized spacial score (nSPS) is 11.5. The highest BCUT2D eigenvalue weighted by molar-refractivity contribution is 5.73. The topological polar surface area (TPSA) is 111 Å². The van der Waals surface area contributed by atoms with Crippen LogP contribution in [0, 0.1) is 20.2 Å². The summed E-state index contributed by atoms with van der Waals surface area (Å²) in [5.74, 6) is 0. The number of nitrogens with one attached hydrogen (secondary N) is 1. The second kappa shape index (κ2) is 10.7. The SMILES string of the molecule is CCCCC/C=C/C=C/C=N/Nc1ccc([N+](=O)[O-])cc1[N+](=O)[O-]. The Morgan fingerprint density at radius 2 is 1.92 bits per heavy atom. The van der Waals surface area contributed by atoms with Crippen molar-refractivity contribution in [2.24, 2.45) is 5.10 Å². The minimum absolute atomic E-state index is 0.0883. The lowest BCUT2D eigenvalue weighted by Crippen LogP contribution is -1.98. The van der Waals surface area contributed by atoms with Crippen molar-refractivity contribution in [2.45, 2.75) is 32.6 Å². The predicted octanol–water partition coefficient (Wildman–Crippen LogP) is 4.59. The molecule has 8 nitrogen and oxygen atoms in total. The van der Waals surface area contributed by atoms with Crippen LogP contribution < -0.4 is 5.43 Å². The van der Waals surface area contributed by atoms with Gasteiger partial charge in [0.15, 0.2) is 0 Å². The lowest BCUT2D eigenvalue weighted by atomic mass is 10.2. The van der Waals surface area contributed by atoms with E-state index in [1.807, 2.05) is 6.08 Å². The number of hydrogen-bond acceptors (Lipinski definition) is 6. The van der Waals surface area contributed by atoms with E-state index in [1.54, 1.807) is 12.2 Å². The molecule has 24 heavy (non-hydrogen) atoms. The third kappa shape index (κ3) is 6.82. The summed E-state index contributed by atoms with van der Waals surface area (Å²) in [6.45, 7) is 2.16. The number of benzene rings is 1. The number of allylic oxidation sites excluding steroid dienone is 4. The Balaban J connectivity index is 2.57.